The first-order chi connectivity index (χ1) is 9.79. The Labute approximate surface area is 118 Å². The highest BCUT2D eigenvalue weighted by atomic mass is 19.4. The van der Waals surface area contributed by atoms with E-state index in [4.69, 9.17) is 5.73 Å². The fourth-order valence-electron chi connectivity index (χ4n) is 1.75. The summed E-state index contributed by atoms with van der Waals surface area (Å²) in [7, 11) is 0. The SMILES string of the molecule is Cc1ccccc1Nc1nc(C(F)(F)F)ccc1C(N)=O. The fraction of sp³-hybridized carbons (Fsp3) is 0.143. The van der Waals surface area contributed by atoms with Gasteiger partial charge in [0.1, 0.15) is 11.5 Å². The highest BCUT2D eigenvalue weighted by molar-refractivity contribution is 5.98. The maximum absolute atomic E-state index is 12.7. The van der Waals surface area contributed by atoms with Gasteiger partial charge in [0.15, 0.2) is 0 Å². The van der Waals surface area contributed by atoms with Crippen LogP contribution in [0.2, 0.25) is 0 Å². The molecule has 2 rings (SSSR count). The standard InChI is InChI=1S/C14H12F3N3O/c1-8-4-2-3-5-10(8)19-13-9(12(18)21)6-7-11(20-13)14(15,16)17/h2-7H,1H3,(H2,18,21)(H,19,20). The van der Waals surface area contributed by atoms with Crippen LogP contribution in [0.25, 0.3) is 0 Å². The number of carbonyl (C=O) groups is 1. The predicted octanol–water partition coefficient (Wildman–Crippen LogP) is 3.25. The average molecular weight is 295 g/mol. The molecule has 21 heavy (non-hydrogen) atoms. The summed E-state index contributed by atoms with van der Waals surface area (Å²) < 4.78 is 38.1. The summed E-state index contributed by atoms with van der Waals surface area (Å²) in [5.74, 6) is -1.07. The Kier molecular flexibility index (Phi) is 3.84. The summed E-state index contributed by atoms with van der Waals surface area (Å²) >= 11 is 0. The summed E-state index contributed by atoms with van der Waals surface area (Å²) in [6, 6.07) is 8.69. The van der Waals surface area contributed by atoms with Crippen LogP contribution in [0.15, 0.2) is 36.4 Å². The minimum atomic E-state index is -4.60. The molecule has 0 aliphatic rings. The number of benzene rings is 1. The molecule has 0 aliphatic heterocycles. The first-order valence-corrected chi connectivity index (χ1v) is 5.99. The number of halogens is 3. The normalized spacial score (nSPS) is 11.2. The van der Waals surface area contributed by atoms with Gasteiger partial charge in [0.25, 0.3) is 5.91 Å². The lowest BCUT2D eigenvalue weighted by Crippen LogP contribution is -2.17. The van der Waals surface area contributed by atoms with Crippen molar-refractivity contribution in [1.29, 1.82) is 0 Å². The molecule has 4 nitrogen and oxygen atoms in total. The van der Waals surface area contributed by atoms with Gasteiger partial charge in [-0.3, -0.25) is 4.79 Å². The van der Waals surface area contributed by atoms with E-state index in [1.165, 1.54) is 0 Å². The van der Waals surface area contributed by atoms with Gasteiger partial charge in [-0.1, -0.05) is 18.2 Å². The summed E-state index contributed by atoms with van der Waals surface area (Å²) in [6.45, 7) is 1.78. The Balaban J connectivity index is 2.49. The number of nitrogens with one attached hydrogen (secondary N) is 1. The number of carbonyl (C=O) groups excluding carboxylic acids is 1. The number of para-hydroxylation sites is 1. The monoisotopic (exact) mass is 295 g/mol. The van der Waals surface area contributed by atoms with Gasteiger partial charge < -0.3 is 11.1 Å². The van der Waals surface area contributed by atoms with Crippen molar-refractivity contribution in [1.82, 2.24) is 4.98 Å². The number of primary amides is 1. The number of nitrogens with zero attached hydrogens (tertiary/aromatic N) is 1. The van der Waals surface area contributed by atoms with Gasteiger partial charge >= 0.3 is 6.18 Å². The van der Waals surface area contributed by atoms with Crippen LogP contribution in [-0.4, -0.2) is 10.9 Å². The number of nitrogens with two attached hydrogens (primary N) is 1. The van der Waals surface area contributed by atoms with Gasteiger partial charge in [0.2, 0.25) is 0 Å². The van der Waals surface area contributed by atoms with Crippen molar-refractivity contribution in [2.24, 2.45) is 5.73 Å². The highest BCUT2D eigenvalue weighted by Crippen LogP contribution is 2.30. The van der Waals surface area contributed by atoms with E-state index < -0.39 is 17.8 Å². The van der Waals surface area contributed by atoms with Crippen molar-refractivity contribution in [3.63, 3.8) is 0 Å². The zero-order chi connectivity index (χ0) is 15.6. The minimum absolute atomic E-state index is 0.105. The average Bonchev–Trinajstić information content (AvgIpc) is 2.40. The lowest BCUT2D eigenvalue weighted by Gasteiger charge is -2.14. The molecule has 0 saturated heterocycles. The first-order valence-electron chi connectivity index (χ1n) is 5.99. The molecule has 0 unspecified atom stereocenters. The van der Waals surface area contributed by atoms with E-state index in [1.54, 1.807) is 31.2 Å². The number of amides is 1. The molecule has 1 aromatic heterocycles. The van der Waals surface area contributed by atoms with Crippen LogP contribution in [0.1, 0.15) is 21.6 Å². The number of rotatable bonds is 3. The largest absolute Gasteiger partial charge is 0.433 e. The van der Waals surface area contributed by atoms with Gasteiger partial charge in [-0.05, 0) is 30.7 Å². The molecular formula is C14H12F3N3O. The third kappa shape index (κ3) is 3.31. The van der Waals surface area contributed by atoms with Gasteiger partial charge in [0.05, 0.1) is 5.56 Å². The van der Waals surface area contributed by atoms with Crippen molar-refractivity contribution < 1.29 is 18.0 Å². The molecule has 0 aliphatic carbocycles. The fourth-order valence-corrected chi connectivity index (χ4v) is 1.75. The number of aromatic nitrogens is 1. The molecule has 2 aromatic rings. The van der Waals surface area contributed by atoms with E-state index in [9.17, 15) is 18.0 Å². The van der Waals surface area contributed by atoms with Crippen molar-refractivity contribution >= 4 is 17.4 Å². The van der Waals surface area contributed by atoms with E-state index in [0.717, 1.165) is 17.7 Å². The van der Waals surface area contributed by atoms with Gasteiger partial charge in [0, 0.05) is 5.69 Å². The van der Waals surface area contributed by atoms with Gasteiger partial charge in [-0.25, -0.2) is 4.98 Å². The zero-order valence-electron chi connectivity index (χ0n) is 11.0. The maximum Gasteiger partial charge on any atom is 0.433 e. The van der Waals surface area contributed by atoms with Crippen LogP contribution in [0.3, 0.4) is 0 Å². The molecule has 0 fully saturated rings. The van der Waals surface area contributed by atoms with E-state index in [2.05, 4.69) is 10.3 Å². The summed E-state index contributed by atoms with van der Waals surface area (Å²) in [5, 5.41) is 2.72. The molecule has 1 amide bonds. The molecule has 110 valence electrons. The number of hydrogen-bond acceptors (Lipinski definition) is 3. The summed E-state index contributed by atoms with van der Waals surface area (Å²) in [6.07, 6.45) is -4.60. The molecule has 0 spiro atoms. The van der Waals surface area contributed by atoms with Gasteiger partial charge in [-0.2, -0.15) is 13.2 Å². The Hall–Kier alpha value is -2.57. The molecule has 0 bridgehead atoms. The van der Waals surface area contributed by atoms with Crippen molar-refractivity contribution in [3.05, 3.63) is 53.2 Å². The highest BCUT2D eigenvalue weighted by Gasteiger charge is 2.33. The van der Waals surface area contributed by atoms with Crippen LogP contribution in [0, 0.1) is 6.92 Å². The van der Waals surface area contributed by atoms with Crippen LogP contribution in [0.5, 0.6) is 0 Å². The quantitative estimate of drug-likeness (QED) is 0.913. The molecular weight excluding hydrogens is 283 g/mol. The second-order valence-corrected chi connectivity index (χ2v) is 4.39. The molecule has 1 heterocycles. The number of aryl methyl sites for hydroxylation is 1. The van der Waals surface area contributed by atoms with Crippen LogP contribution >= 0.6 is 0 Å². The van der Waals surface area contributed by atoms with E-state index in [1.807, 2.05) is 0 Å². The molecule has 1 aromatic carbocycles. The lowest BCUT2D eigenvalue weighted by atomic mass is 10.1. The number of hydrogen-bond donors (Lipinski definition) is 2. The van der Waals surface area contributed by atoms with Crippen LogP contribution < -0.4 is 11.1 Å². The van der Waals surface area contributed by atoms with Gasteiger partial charge in [-0.15, -0.1) is 0 Å². The smallest absolute Gasteiger partial charge is 0.365 e. The second kappa shape index (κ2) is 5.43. The molecule has 7 heteroatoms. The number of pyridine rings is 1. The predicted molar refractivity (Wildman–Crippen MR) is 72.2 cm³/mol. The van der Waals surface area contributed by atoms with Crippen LogP contribution in [0.4, 0.5) is 24.7 Å². The summed E-state index contributed by atoms with van der Waals surface area (Å²) in [5.41, 5.74) is 5.31. The maximum atomic E-state index is 12.7. The topological polar surface area (TPSA) is 68.0 Å². The Morgan fingerprint density at radius 1 is 1.19 bits per heavy atom. The first kappa shape index (κ1) is 14.8. The third-order valence-corrected chi connectivity index (χ3v) is 2.85. The minimum Gasteiger partial charge on any atom is -0.365 e. The molecule has 3 N–H and O–H groups in total. The second-order valence-electron chi connectivity index (χ2n) is 4.39. The van der Waals surface area contributed by atoms with Crippen molar-refractivity contribution in [2.45, 2.75) is 13.1 Å². The van der Waals surface area contributed by atoms with E-state index in [0.29, 0.717) is 5.69 Å². The third-order valence-electron chi connectivity index (χ3n) is 2.85. The molecule has 0 saturated carbocycles. The number of alkyl halides is 3. The van der Waals surface area contributed by atoms with E-state index >= 15 is 0 Å². The Morgan fingerprint density at radius 2 is 1.86 bits per heavy atom. The van der Waals surface area contributed by atoms with Crippen LogP contribution in [-0.2, 0) is 6.18 Å². The Morgan fingerprint density at radius 3 is 2.43 bits per heavy atom. The lowest BCUT2D eigenvalue weighted by molar-refractivity contribution is -0.141. The van der Waals surface area contributed by atoms with Crippen molar-refractivity contribution in [2.75, 3.05) is 5.32 Å². The molecule has 0 radical (unpaired) electrons. The van der Waals surface area contributed by atoms with Crippen molar-refractivity contribution in [3.8, 4) is 0 Å². The zero-order valence-corrected chi connectivity index (χ0v) is 11.0. The number of anilines is 2. The summed E-state index contributed by atoms with van der Waals surface area (Å²) in [4.78, 5) is 14.8. The van der Waals surface area contributed by atoms with E-state index in [-0.39, 0.29) is 11.4 Å². The molecule has 0 atom stereocenters. The Bertz CT molecular complexity index is 683.